The van der Waals surface area contributed by atoms with Gasteiger partial charge in [0.25, 0.3) is 0 Å². The molecule has 1 rings (SSSR count). The Kier molecular flexibility index (Phi) is 4.98. The third kappa shape index (κ3) is 4.21. The van der Waals surface area contributed by atoms with Crippen LogP contribution in [0.15, 0.2) is 18.3 Å². The minimum absolute atomic E-state index is 0.0774. The first kappa shape index (κ1) is 11.9. The molecule has 0 aliphatic rings. The maximum absolute atomic E-state index is 11.4. The molecule has 3 heteroatoms. The predicted molar refractivity (Wildman–Crippen MR) is 58.8 cm³/mol. The van der Waals surface area contributed by atoms with E-state index in [0.717, 1.165) is 12.1 Å². The van der Waals surface area contributed by atoms with E-state index in [9.17, 15) is 4.79 Å². The van der Waals surface area contributed by atoms with Crippen molar-refractivity contribution in [2.75, 3.05) is 13.2 Å². The van der Waals surface area contributed by atoms with E-state index >= 15 is 0 Å². The van der Waals surface area contributed by atoms with Gasteiger partial charge in [-0.3, -0.25) is 9.78 Å². The van der Waals surface area contributed by atoms with E-state index < -0.39 is 0 Å². The first-order valence-corrected chi connectivity index (χ1v) is 5.29. The summed E-state index contributed by atoms with van der Waals surface area (Å²) >= 11 is 0. The number of aromatic nitrogens is 1. The summed E-state index contributed by atoms with van der Waals surface area (Å²) in [6.07, 6.45) is 3.16. The van der Waals surface area contributed by atoms with Gasteiger partial charge in [-0.25, -0.2) is 0 Å². The normalized spacial score (nSPS) is 10.3. The molecule has 1 heterocycles. The maximum atomic E-state index is 11.4. The summed E-state index contributed by atoms with van der Waals surface area (Å²) < 4.78 is 5.04. The number of nitrogens with zero attached hydrogens (tertiary/aromatic N) is 1. The van der Waals surface area contributed by atoms with Crippen molar-refractivity contribution >= 4 is 5.78 Å². The number of carbonyl (C=O) groups excluding carboxylic acids is 1. The van der Waals surface area contributed by atoms with Gasteiger partial charge in [0.15, 0.2) is 5.78 Å². The second-order valence-electron chi connectivity index (χ2n) is 3.36. The Hall–Kier alpha value is -1.22. The number of ether oxygens (including phenoxy) is 1. The molecule has 0 N–H and O–H groups in total. The molecule has 82 valence electrons. The van der Waals surface area contributed by atoms with Crippen LogP contribution in [0, 0.1) is 0 Å². The largest absolute Gasteiger partial charge is 0.374 e. The molecule has 0 amide bonds. The van der Waals surface area contributed by atoms with Gasteiger partial charge in [-0.2, -0.15) is 0 Å². The lowest BCUT2D eigenvalue weighted by molar-refractivity contribution is -0.122. The molecule has 0 aliphatic heterocycles. The van der Waals surface area contributed by atoms with Crippen molar-refractivity contribution in [3.63, 3.8) is 0 Å². The van der Waals surface area contributed by atoms with Crippen molar-refractivity contribution in [1.29, 1.82) is 0 Å². The summed E-state index contributed by atoms with van der Waals surface area (Å²) in [6, 6.07) is 3.92. The number of rotatable bonds is 6. The van der Waals surface area contributed by atoms with Crippen molar-refractivity contribution in [3.8, 4) is 0 Å². The van der Waals surface area contributed by atoms with Crippen LogP contribution in [0.2, 0.25) is 0 Å². The topological polar surface area (TPSA) is 39.2 Å². The first-order chi connectivity index (χ1) is 7.26. The number of aryl methyl sites for hydroxylation is 1. The number of Topliss-reactive ketones (excluding diaryl/α,β-unsaturated/α-hetero) is 1. The van der Waals surface area contributed by atoms with E-state index in [2.05, 4.69) is 11.9 Å². The fourth-order valence-electron chi connectivity index (χ4n) is 1.24. The average Bonchev–Trinajstić information content (AvgIpc) is 2.27. The molecule has 0 unspecified atom stereocenters. The van der Waals surface area contributed by atoms with Crippen molar-refractivity contribution in [1.82, 2.24) is 4.98 Å². The van der Waals surface area contributed by atoms with Crippen LogP contribution in [0.25, 0.3) is 0 Å². The number of ketones is 1. The van der Waals surface area contributed by atoms with Crippen LogP contribution in [0.4, 0.5) is 0 Å². The molecule has 0 aromatic carbocycles. The Bertz CT molecular complexity index is 306. The minimum Gasteiger partial charge on any atom is -0.374 e. The zero-order valence-corrected chi connectivity index (χ0v) is 9.32. The molecule has 0 bridgehead atoms. The highest BCUT2D eigenvalue weighted by atomic mass is 16.5. The van der Waals surface area contributed by atoms with Gasteiger partial charge in [0.2, 0.25) is 0 Å². The third-order valence-corrected chi connectivity index (χ3v) is 2.14. The van der Waals surface area contributed by atoms with Crippen LogP contribution >= 0.6 is 0 Å². The number of hydrogen-bond acceptors (Lipinski definition) is 3. The van der Waals surface area contributed by atoms with Gasteiger partial charge >= 0.3 is 0 Å². The predicted octanol–water partition coefficient (Wildman–Crippen LogP) is 1.79. The summed E-state index contributed by atoms with van der Waals surface area (Å²) in [4.78, 5) is 15.6. The standard InChI is InChI=1S/C12H17NO2/c1-3-10-5-6-11(13-8-10)7-12(14)9-15-4-2/h5-6,8H,3-4,7,9H2,1-2H3. The number of pyridine rings is 1. The van der Waals surface area contributed by atoms with E-state index in [1.807, 2.05) is 25.3 Å². The molecule has 0 fully saturated rings. The second-order valence-corrected chi connectivity index (χ2v) is 3.36. The molecule has 0 aliphatic carbocycles. The molecule has 0 atom stereocenters. The molecule has 3 nitrogen and oxygen atoms in total. The highest BCUT2D eigenvalue weighted by molar-refractivity contribution is 5.81. The average molecular weight is 207 g/mol. The van der Waals surface area contributed by atoms with Gasteiger partial charge in [0.05, 0.1) is 6.42 Å². The van der Waals surface area contributed by atoms with Gasteiger partial charge in [0.1, 0.15) is 6.61 Å². The molecular weight excluding hydrogens is 190 g/mol. The molecule has 0 saturated heterocycles. The smallest absolute Gasteiger partial charge is 0.164 e. The number of hydrogen-bond donors (Lipinski definition) is 0. The highest BCUT2D eigenvalue weighted by Crippen LogP contribution is 2.02. The molecule has 0 saturated carbocycles. The van der Waals surface area contributed by atoms with E-state index in [-0.39, 0.29) is 12.4 Å². The van der Waals surface area contributed by atoms with Crippen molar-refractivity contribution in [3.05, 3.63) is 29.6 Å². The van der Waals surface area contributed by atoms with Crippen molar-refractivity contribution in [2.45, 2.75) is 26.7 Å². The molecule has 1 aromatic heterocycles. The Labute approximate surface area is 90.5 Å². The number of carbonyl (C=O) groups is 1. The molecular formula is C12H17NO2. The van der Waals surface area contributed by atoms with Gasteiger partial charge in [-0.05, 0) is 25.0 Å². The lowest BCUT2D eigenvalue weighted by atomic mass is 10.1. The zero-order valence-electron chi connectivity index (χ0n) is 9.32. The maximum Gasteiger partial charge on any atom is 0.164 e. The monoisotopic (exact) mass is 207 g/mol. The van der Waals surface area contributed by atoms with Crippen LogP contribution in [0.3, 0.4) is 0 Å². The van der Waals surface area contributed by atoms with E-state index in [4.69, 9.17) is 4.74 Å². The van der Waals surface area contributed by atoms with E-state index in [1.54, 1.807) is 0 Å². The van der Waals surface area contributed by atoms with Gasteiger partial charge in [0, 0.05) is 18.5 Å². The molecule has 1 aromatic rings. The molecule has 15 heavy (non-hydrogen) atoms. The summed E-state index contributed by atoms with van der Waals surface area (Å²) in [5, 5.41) is 0. The second kappa shape index (κ2) is 6.30. The quantitative estimate of drug-likeness (QED) is 0.714. The van der Waals surface area contributed by atoms with E-state index in [1.165, 1.54) is 5.56 Å². The van der Waals surface area contributed by atoms with Crippen LogP contribution in [-0.2, 0) is 22.4 Å². The fraction of sp³-hybridized carbons (Fsp3) is 0.500. The molecule has 0 spiro atoms. The fourth-order valence-corrected chi connectivity index (χ4v) is 1.24. The van der Waals surface area contributed by atoms with Gasteiger partial charge in [-0.15, -0.1) is 0 Å². The first-order valence-electron chi connectivity index (χ1n) is 5.29. The van der Waals surface area contributed by atoms with Crippen LogP contribution in [-0.4, -0.2) is 24.0 Å². The minimum atomic E-state index is 0.0774. The van der Waals surface area contributed by atoms with Gasteiger partial charge in [-0.1, -0.05) is 13.0 Å². The van der Waals surface area contributed by atoms with E-state index in [0.29, 0.717) is 13.0 Å². The summed E-state index contributed by atoms with van der Waals surface area (Å²) in [5.41, 5.74) is 2.01. The van der Waals surface area contributed by atoms with Crippen LogP contribution in [0.5, 0.6) is 0 Å². The Morgan fingerprint density at radius 3 is 2.73 bits per heavy atom. The van der Waals surface area contributed by atoms with Crippen molar-refractivity contribution in [2.24, 2.45) is 0 Å². The SMILES string of the molecule is CCOCC(=O)Cc1ccc(CC)cn1. The third-order valence-electron chi connectivity index (χ3n) is 2.14. The molecule has 0 radical (unpaired) electrons. The highest BCUT2D eigenvalue weighted by Gasteiger charge is 2.04. The summed E-state index contributed by atoms with van der Waals surface area (Å²) in [5.74, 6) is 0.0774. The lowest BCUT2D eigenvalue weighted by Gasteiger charge is -2.02. The Morgan fingerprint density at radius 1 is 1.40 bits per heavy atom. The summed E-state index contributed by atoms with van der Waals surface area (Å²) in [6.45, 7) is 4.72. The van der Waals surface area contributed by atoms with Gasteiger partial charge < -0.3 is 4.74 Å². The Morgan fingerprint density at radius 2 is 2.20 bits per heavy atom. The van der Waals surface area contributed by atoms with Crippen LogP contribution < -0.4 is 0 Å². The summed E-state index contributed by atoms with van der Waals surface area (Å²) in [7, 11) is 0. The Balaban J connectivity index is 2.46. The van der Waals surface area contributed by atoms with Crippen LogP contribution in [0.1, 0.15) is 25.1 Å². The lowest BCUT2D eigenvalue weighted by Crippen LogP contribution is -2.12. The van der Waals surface area contributed by atoms with Crippen molar-refractivity contribution < 1.29 is 9.53 Å². The zero-order chi connectivity index (χ0) is 11.1.